The fourth-order valence-electron chi connectivity index (χ4n) is 0.289. The summed E-state index contributed by atoms with van der Waals surface area (Å²) in [5.41, 5.74) is 0. The van der Waals surface area contributed by atoms with E-state index in [1.54, 1.807) is 0 Å². The van der Waals surface area contributed by atoms with E-state index in [2.05, 4.69) is 30.0 Å². The van der Waals surface area contributed by atoms with Crippen molar-refractivity contribution in [3.8, 4) is 0 Å². The second kappa shape index (κ2) is 10.4. The molecular weight excluding hydrogens is 115 g/mol. The maximum atomic E-state index is 2.42. The first-order valence-electron chi connectivity index (χ1n) is 3.39. The maximum Gasteiger partial charge on any atom is -0.0448 e. The summed E-state index contributed by atoms with van der Waals surface area (Å²) in [4.78, 5) is 0. The van der Waals surface area contributed by atoms with E-state index < -0.39 is 0 Å². The maximum absolute atomic E-state index is 2.42. The van der Waals surface area contributed by atoms with E-state index in [-0.39, 0.29) is 0 Å². The molecule has 1 unspecified atom stereocenters. The number of rotatable bonds is 2. The second-order valence-corrected chi connectivity index (χ2v) is 1.92. The first-order valence-corrected chi connectivity index (χ1v) is 4.54. The molecule has 0 bridgehead atoms. The molecule has 0 aliphatic carbocycles. The Balaban J connectivity index is 0. The van der Waals surface area contributed by atoms with E-state index in [9.17, 15) is 0 Å². The predicted octanol–water partition coefficient (Wildman–Crippen LogP) is 2.93. The van der Waals surface area contributed by atoms with Crippen LogP contribution in [0.4, 0.5) is 0 Å². The molecule has 52 valence electrons. The molecule has 1 heteroatoms. The molecule has 0 amide bonds. The van der Waals surface area contributed by atoms with Crippen molar-refractivity contribution < 1.29 is 0 Å². The van der Waals surface area contributed by atoms with Gasteiger partial charge in [0, 0.05) is 0 Å². The Bertz CT molecular complexity index is 23.6. The lowest BCUT2D eigenvalue weighted by Gasteiger charge is -1.98. The lowest BCUT2D eigenvalue weighted by molar-refractivity contribution is 0.544. The van der Waals surface area contributed by atoms with E-state index in [4.69, 9.17) is 0 Å². The van der Waals surface area contributed by atoms with E-state index in [1.807, 2.05) is 6.66 Å². The molecular formula is C7H19P. The average molecular weight is 134 g/mol. The van der Waals surface area contributed by atoms with Crippen molar-refractivity contribution in [2.45, 2.75) is 33.6 Å². The van der Waals surface area contributed by atoms with Gasteiger partial charge in [0.25, 0.3) is 0 Å². The highest BCUT2D eigenvalue weighted by molar-refractivity contribution is 7.15. The van der Waals surface area contributed by atoms with Crippen molar-refractivity contribution >= 4 is 9.24 Å². The van der Waals surface area contributed by atoms with Crippen LogP contribution in [0.25, 0.3) is 0 Å². The van der Waals surface area contributed by atoms with Crippen LogP contribution in [0.3, 0.4) is 0 Å². The fraction of sp³-hybridized carbons (Fsp3) is 1.00. The third-order valence-corrected chi connectivity index (χ3v) is 1.39. The van der Waals surface area contributed by atoms with Gasteiger partial charge in [-0.15, -0.1) is 9.24 Å². The first kappa shape index (κ1) is 11.3. The van der Waals surface area contributed by atoms with Crippen molar-refractivity contribution in [3.05, 3.63) is 0 Å². The Morgan fingerprint density at radius 1 is 1.12 bits per heavy atom. The van der Waals surface area contributed by atoms with Gasteiger partial charge in [-0.3, -0.25) is 0 Å². The monoisotopic (exact) mass is 134 g/mol. The van der Waals surface area contributed by atoms with Gasteiger partial charge in [0.1, 0.15) is 0 Å². The van der Waals surface area contributed by atoms with Crippen LogP contribution in [0.5, 0.6) is 0 Å². The summed E-state index contributed by atoms with van der Waals surface area (Å²) in [6, 6.07) is 0. The molecule has 0 radical (unpaired) electrons. The van der Waals surface area contributed by atoms with Gasteiger partial charge < -0.3 is 0 Å². The minimum Gasteiger partial charge on any atom is -0.141 e. The van der Waals surface area contributed by atoms with E-state index in [1.165, 1.54) is 12.8 Å². The molecule has 0 aromatic rings. The summed E-state index contributed by atoms with van der Waals surface area (Å²) < 4.78 is 0. The van der Waals surface area contributed by atoms with E-state index in [0.717, 1.165) is 5.92 Å². The lowest BCUT2D eigenvalue weighted by Crippen LogP contribution is -1.85. The summed E-state index contributed by atoms with van der Waals surface area (Å²) in [7, 11) is 2.42. The highest BCUT2D eigenvalue weighted by Crippen LogP contribution is 2.02. The first-order chi connectivity index (χ1) is 3.81. The highest BCUT2D eigenvalue weighted by Gasteiger charge is 1.88. The van der Waals surface area contributed by atoms with Crippen LogP contribution in [0.1, 0.15) is 33.6 Å². The standard InChI is InChI=1S/C6H14.CH5P/c1-4-6(3)5-2;1-2/h6H,4-5H2,1-3H3;2H2,1H3. The Hall–Kier alpha value is 0.430. The molecule has 0 rings (SSSR count). The smallest absolute Gasteiger partial charge is 0.0448 e. The topological polar surface area (TPSA) is 0 Å². The van der Waals surface area contributed by atoms with Gasteiger partial charge in [-0.25, -0.2) is 0 Å². The minimum absolute atomic E-state index is 0.935. The van der Waals surface area contributed by atoms with Gasteiger partial charge >= 0.3 is 0 Å². The van der Waals surface area contributed by atoms with Crippen molar-refractivity contribution in [2.75, 3.05) is 6.66 Å². The molecule has 0 aliphatic rings. The van der Waals surface area contributed by atoms with E-state index >= 15 is 0 Å². The molecule has 0 heterocycles. The van der Waals surface area contributed by atoms with Crippen LogP contribution in [-0.2, 0) is 0 Å². The third kappa shape index (κ3) is 9.66. The molecule has 1 atom stereocenters. The van der Waals surface area contributed by atoms with Crippen LogP contribution in [0.15, 0.2) is 0 Å². The Morgan fingerprint density at radius 3 is 1.38 bits per heavy atom. The van der Waals surface area contributed by atoms with Crippen LogP contribution in [0, 0.1) is 5.92 Å². The minimum atomic E-state index is 0.935. The SMILES string of the molecule is CCC(C)CC.CP. The predicted molar refractivity (Wildman–Crippen MR) is 45.4 cm³/mol. The summed E-state index contributed by atoms with van der Waals surface area (Å²) in [5.74, 6) is 0.935. The van der Waals surface area contributed by atoms with E-state index in [0.29, 0.717) is 0 Å². The summed E-state index contributed by atoms with van der Waals surface area (Å²) in [6.07, 6.45) is 2.66. The second-order valence-electron chi connectivity index (χ2n) is 1.92. The summed E-state index contributed by atoms with van der Waals surface area (Å²) >= 11 is 0. The third-order valence-electron chi connectivity index (χ3n) is 1.39. The van der Waals surface area contributed by atoms with Crippen LogP contribution < -0.4 is 0 Å². The molecule has 0 aromatic heterocycles. The number of hydrogen-bond donors (Lipinski definition) is 0. The van der Waals surface area contributed by atoms with Crippen LogP contribution in [-0.4, -0.2) is 6.66 Å². The lowest BCUT2D eigenvalue weighted by atomic mass is 10.1. The largest absolute Gasteiger partial charge is 0.141 e. The quantitative estimate of drug-likeness (QED) is 0.509. The van der Waals surface area contributed by atoms with Crippen molar-refractivity contribution in [3.63, 3.8) is 0 Å². The van der Waals surface area contributed by atoms with Gasteiger partial charge in [-0.2, -0.15) is 0 Å². The molecule has 0 aliphatic heterocycles. The average Bonchev–Trinajstić information content (AvgIpc) is 1.91. The number of hydrogen-bond acceptors (Lipinski definition) is 0. The zero-order valence-electron chi connectivity index (χ0n) is 6.57. The molecule has 0 aromatic carbocycles. The molecule has 0 nitrogen and oxygen atoms in total. The Morgan fingerprint density at radius 2 is 1.38 bits per heavy atom. The zero-order valence-corrected chi connectivity index (χ0v) is 7.72. The van der Waals surface area contributed by atoms with Gasteiger partial charge in [-0.1, -0.05) is 40.3 Å². The molecule has 0 fully saturated rings. The summed E-state index contributed by atoms with van der Waals surface area (Å²) in [5, 5.41) is 0. The summed E-state index contributed by atoms with van der Waals surface area (Å²) in [6.45, 7) is 8.66. The van der Waals surface area contributed by atoms with Crippen molar-refractivity contribution in [1.82, 2.24) is 0 Å². The van der Waals surface area contributed by atoms with Crippen molar-refractivity contribution in [2.24, 2.45) is 5.92 Å². The van der Waals surface area contributed by atoms with Gasteiger partial charge in [-0.05, 0) is 5.92 Å². The van der Waals surface area contributed by atoms with Crippen molar-refractivity contribution in [1.29, 1.82) is 0 Å². The Kier molecular flexibility index (Phi) is 14.7. The normalized spacial score (nSPS) is 8.25. The molecule has 8 heavy (non-hydrogen) atoms. The molecule has 0 saturated carbocycles. The highest BCUT2D eigenvalue weighted by atomic mass is 31.0. The van der Waals surface area contributed by atoms with Crippen LogP contribution >= 0.6 is 9.24 Å². The fourth-order valence-corrected chi connectivity index (χ4v) is 0.289. The molecule has 0 N–H and O–H groups in total. The van der Waals surface area contributed by atoms with Gasteiger partial charge in [0.2, 0.25) is 0 Å². The molecule has 0 spiro atoms. The van der Waals surface area contributed by atoms with Gasteiger partial charge in [0.05, 0.1) is 0 Å². The molecule has 0 saturated heterocycles. The van der Waals surface area contributed by atoms with Gasteiger partial charge in [0.15, 0.2) is 0 Å². The van der Waals surface area contributed by atoms with Crippen LogP contribution in [0.2, 0.25) is 0 Å². The zero-order chi connectivity index (χ0) is 6.99. The Labute approximate surface area is 56.3 Å².